The fourth-order valence-electron chi connectivity index (χ4n) is 2.39. The molecule has 2 nitrogen and oxygen atoms in total. The number of pyridine rings is 1. The number of hydrogen-bond donors (Lipinski definition) is 0. The van der Waals surface area contributed by atoms with Crippen LogP contribution in [0.15, 0.2) is 18.3 Å². The van der Waals surface area contributed by atoms with Crippen molar-refractivity contribution in [2.45, 2.75) is 31.5 Å². The van der Waals surface area contributed by atoms with Crippen molar-refractivity contribution in [3.63, 3.8) is 0 Å². The maximum Gasteiger partial charge on any atom is 0.419 e. The van der Waals surface area contributed by atoms with Gasteiger partial charge in [-0.2, -0.15) is 13.2 Å². The molecule has 1 saturated heterocycles. The van der Waals surface area contributed by atoms with Crippen LogP contribution >= 0.6 is 15.9 Å². The van der Waals surface area contributed by atoms with E-state index in [1.54, 1.807) is 4.90 Å². The van der Waals surface area contributed by atoms with Crippen LogP contribution in [0.2, 0.25) is 0 Å². The van der Waals surface area contributed by atoms with Gasteiger partial charge in [-0.1, -0.05) is 15.9 Å². The Hall–Kier alpha value is -0.780. The standard InChI is InChI=1S/C12H14BrF3N2/c13-6-5-9-3-2-8-18(9)11-10(12(14,15)16)4-1-7-17-11/h1,4,7,9H,2-3,5-6,8H2. The zero-order valence-electron chi connectivity index (χ0n) is 9.75. The van der Waals surface area contributed by atoms with Gasteiger partial charge in [-0.3, -0.25) is 0 Å². The van der Waals surface area contributed by atoms with Crippen molar-refractivity contribution in [1.82, 2.24) is 4.98 Å². The number of rotatable bonds is 3. The number of alkyl halides is 4. The van der Waals surface area contributed by atoms with Gasteiger partial charge < -0.3 is 4.90 Å². The van der Waals surface area contributed by atoms with Gasteiger partial charge in [-0.25, -0.2) is 4.98 Å². The van der Waals surface area contributed by atoms with E-state index in [2.05, 4.69) is 20.9 Å². The van der Waals surface area contributed by atoms with Gasteiger partial charge in [0.1, 0.15) is 5.82 Å². The van der Waals surface area contributed by atoms with Crippen molar-refractivity contribution >= 4 is 21.7 Å². The fourth-order valence-corrected chi connectivity index (χ4v) is 2.92. The lowest BCUT2D eigenvalue weighted by Gasteiger charge is -2.27. The third-order valence-corrected chi connectivity index (χ3v) is 3.64. The molecule has 18 heavy (non-hydrogen) atoms. The molecule has 1 aliphatic rings. The van der Waals surface area contributed by atoms with Crippen LogP contribution in [0.5, 0.6) is 0 Å². The second-order valence-electron chi connectivity index (χ2n) is 4.34. The number of aromatic nitrogens is 1. The lowest BCUT2D eigenvalue weighted by molar-refractivity contribution is -0.137. The van der Waals surface area contributed by atoms with Crippen molar-refractivity contribution < 1.29 is 13.2 Å². The van der Waals surface area contributed by atoms with Gasteiger partial charge in [0, 0.05) is 24.1 Å². The number of hydrogen-bond acceptors (Lipinski definition) is 2. The first-order chi connectivity index (χ1) is 8.54. The van der Waals surface area contributed by atoms with E-state index in [4.69, 9.17) is 0 Å². The molecule has 0 N–H and O–H groups in total. The van der Waals surface area contributed by atoms with E-state index in [0.29, 0.717) is 6.54 Å². The van der Waals surface area contributed by atoms with Crippen LogP contribution in [0.3, 0.4) is 0 Å². The Morgan fingerprint density at radius 1 is 1.44 bits per heavy atom. The third kappa shape index (κ3) is 2.79. The molecule has 1 fully saturated rings. The summed E-state index contributed by atoms with van der Waals surface area (Å²) in [5.41, 5.74) is -0.633. The second-order valence-corrected chi connectivity index (χ2v) is 5.13. The SMILES string of the molecule is FC(F)(F)c1cccnc1N1CCCC1CCBr. The molecule has 100 valence electrons. The highest BCUT2D eigenvalue weighted by atomic mass is 79.9. The van der Waals surface area contributed by atoms with Crippen LogP contribution in [-0.2, 0) is 6.18 Å². The Bertz CT molecular complexity index is 409. The minimum atomic E-state index is -4.34. The first-order valence-corrected chi connectivity index (χ1v) is 7.01. The van der Waals surface area contributed by atoms with Gasteiger partial charge in [0.25, 0.3) is 0 Å². The van der Waals surface area contributed by atoms with Gasteiger partial charge in [0.2, 0.25) is 0 Å². The second kappa shape index (κ2) is 5.47. The van der Waals surface area contributed by atoms with Crippen LogP contribution in [0.25, 0.3) is 0 Å². The van der Waals surface area contributed by atoms with E-state index >= 15 is 0 Å². The van der Waals surface area contributed by atoms with Gasteiger partial charge in [-0.05, 0) is 31.4 Å². The maximum absolute atomic E-state index is 12.9. The summed E-state index contributed by atoms with van der Waals surface area (Å²) >= 11 is 3.35. The lowest BCUT2D eigenvalue weighted by atomic mass is 10.1. The van der Waals surface area contributed by atoms with Crippen LogP contribution < -0.4 is 4.90 Å². The first kappa shape index (κ1) is 13.6. The molecule has 2 heterocycles. The number of anilines is 1. The highest BCUT2D eigenvalue weighted by Gasteiger charge is 2.37. The van der Waals surface area contributed by atoms with Gasteiger partial charge in [-0.15, -0.1) is 0 Å². The van der Waals surface area contributed by atoms with E-state index in [0.717, 1.165) is 30.7 Å². The van der Waals surface area contributed by atoms with E-state index in [-0.39, 0.29) is 11.9 Å². The quantitative estimate of drug-likeness (QED) is 0.786. The summed E-state index contributed by atoms with van der Waals surface area (Å²) in [5.74, 6) is 0.0773. The van der Waals surface area contributed by atoms with Crippen molar-refractivity contribution in [3.05, 3.63) is 23.9 Å². The molecular formula is C12H14BrF3N2. The molecule has 1 unspecified atom stereocenters. The monoisotopic (exact) mass is 322 g/mol. The molecule has 0 saturated carbocycles. The third-order valence-electron chi connectivity index (χ3n) is 3.18. The van der Waals surface area contributed by atoms with E-state index in [1.165, 1.54) is 12.3 Å². The topological polar surface area (TPSA) is 16.1 Å². The lowest BCUT2D eigenvalue weighted by Crippen LogP contribution is -2.32. The smallest absolute Gasteiger partial charge is 0.353 e. The molecule has 1 aromatic rings. The van der Waals surface area contributed by atoms with E-state index in [1.807, 2.05) is 0 Å². The molecule has 6 heteroatoms. The minimum Gasteiger partial charge on any atom is -0.353 e. The zero-order chi connectivity index (χ0) is 13.2. The Labute approximate surface area is 112 Å². The molecule has 0 radical (unpaired) electrons. The highest BCUT2D eigenvalue weighted by molar-refractivity contribution is 9.09. The summed E-state index contributed by atoms with van der Waals surface area (Å²) in [6.07, 6.45) is -0.224. The average Bonchev–Trinajstić information content (AvgIpc) is 2.77. The van der Waals surface area contributed by atoms with Gasteiger partial charge in [0.05, 0.1) is 5.56 Å². The van der Waals surface area contributed by atoms with Crippen LogP contribution in [-0.4, -0.2) is 22.9 Å². The fraction of sp³-hybridized carbons (Fsp3) is 0.583. The van der Waals surface area contributed by atoms with Crippen molar-refractivity contribution in [3.8, 4) is 0 Å². The summed E-state index contributed by atoms with van der Waals surface area (Å²) < 4.78 is 38.8. The maximum atomic E-state index is 12.9. The predicted molar refractivity (Wildman–Crippen MR) is 68.0 cm³/mol. The van der Waals surface area contributed by atoms with Crippen molar-refractivity contribution in [1.29, 1.82) is 0 Å². The van der Waals surface area contributed by atoms with E-state index in [9.17, 15) is 13.2 Å². The van der Waals surface area contributed by atoms with Gasteiger partial charge in [0.15, 0.2) is 0 Å². The summed E-state index contributed by atoms with van der Waals surface area (Å²) in [6, 6.07) is 2.59. The molecule has 1 aromatic heterocycles. The molecule has 1 aliphatic heterocycles. The molecule has 1 atom stereocenters. The Kier molecular flexibility index (Phi) is 4.14. The molecule has 0 amide bonds. The zero-order valence-corrected chi connectivity index (χ0v) is 11.3. The summed E-state index contributed by atoms with van der Waals surface area (Å²) in [7, 11) is 0. The van der Waals surface area contributed by atoms with Gasteiger partial charge >= 0.3 is 6.18 Å². The Morgan fingerprint density at radius 2 is 2.22 bits per heavy atom. The largest absolute Gasteiger partial charge is 0.419 e. The number of nitrogens with zero attached hydrogens (tertiary/aromatic N) is 2. The normalized spacial score (nSPS) is 20.4. The summed E-state index contributed by atoms with van der Waals surface area (Å²) in [6.45, 7) is 0.651. The Balaban J connectivity index is 2.33. The van der Waals surface area contributed by atoms with E-state index < -0.39 is 11.7 Å². The molecular weight excluding hydrogens is 309 g/mol. The number of halogens is 4. The van der Waals surface area contributed by atoms with Crippen LogP contribution in [0.4, 0.5) is 19.0 Å². The summed E-state index contributed by atoms with van der Waals surface area (Å²) in [4.78, 5) is 5.75. The predicted octanol–water partition coefficient (Wildman–Crippen LogP) is 3.85. The van der Waals surface area contributed by atoms with Crippen molar-refractivity contribution in [2.24, 2.45) is 0 Å². The average molecular weight is 323 g/mol. The first-order valence-electron chi connectivity index (χ1n) is 5.89. The molecule has 2 rings (SSSR count). The molecule has 0 aromatic carbocycles. The Morgan fingerprint density at radius 3 is 2.89 bits per heavy atom. The highest BCUT2D eigenvalue weighted by Crippen LogP contribution is 2.38. The molecule has 0 bridgehead atoms. The van der Waals surface area contributed by atoms with Crippen LogP contribution in [0.1, 0.15) is 24.8 Å². The molecule has 0 spiro atoms. The minimum absolute atomic E-state index is 0.0773. The summed E-state index contributed by atoms with van der Waals surface area (Å²) in [5, 5.41) is 0.794. The van der Waals surface area contributed by atoms with Crippen molar-refractivity contribution in [2.75, 3.05) is 16.8 Å². The molecule has 0 aliphatic carbocycles. The van der Waals surface area contributed by atoms with Crippen LogP contribution in [0, 0.1) is 0 Å².